The first-order chi connectivity index (χ1) is 11.8. The van der Waals surface area contributed by atoms with E-state index >= 15 is 0 Å². The van der Waals surface area contributed by atoms with E-state index in [0.29, 0.717) is 22.6 Å². The lowest BCUT2D eigenvalue weighted by atomic mass is 10.1. The van der Waals surface area contributed by atoms with Gasteiger partial charge in [0.1, 0.15) is 10.6 Å². The summed E-state index contributed by atoms with van der Waals surface area (Å²) in [6, 6.07) is 5.62. The number of ether oxygens (including phenoxy) is 1. The lowest BCUT2D eigenvalue weighted by Crippen LogP contribution is -2.22. The zero-order chi connectivity index (χ0) is 18.2. The first-order valence-electron chi connectivity index (χ1n) is 7.23. The van der Waals surface area contributed by atoms with E-state index in [1.54, 1.807) is 23.0 Å². The Bertz CT molecular complexity index is 937. The number of amides is 1. The molecule has 0 radical (unpaired) electrons. The molecular weight excluding hydrogens is 391 g/mol. The lowest BCUT2D eigenvalue weighted by Gasteiger charge is -2.12. The highest BCUT2D eigenvalue weighted by atomic mass is 35.5. The number of carbonyl (C=O) groups excluding carboxylic acids is 1. The Morgan fingerprint density at radius 1 is 1.31 bits per heavy atom. The second-order valence-electron chi connectivity index (χ2n) is 5.31. The van der Waals surface area contributed by atoms with Gasteiger partial charge >= 0.3 is 6.18 Å². The number of carbonyl (C=O) groups is 1. The van der Waals surface area contributed by atoms with Gasteiger partial charge in [0.05, 0.1) is 29.3 Å². The van der Waals surface area contributed by atoms with E-state index in [1.807, 2.05) is 7.05 Å². The molecule has 0 bridgehead atoms. The number of hydrogen-bond donors (Lipinski definition) is 1. The third-order valence-corrected chi connectivity index (χ3v) is 4.82. The topological polar surface area (TPSA) is 56.1 Å². The molecule has 2 heterocycles. The van der Waals surface area contributed by atoms with E-state index in [9.17, 15) is 18.0 Å². The summed E-state index contributed by atoms with van der Waals surface area (Å²) in [5.74, 6) is 0.000264. The minimum absolute atomic E-state index is 0. The van der Waals surface area contributed by atoms with Crippen LogP contribution in [0.25, 0.3) is 11.0 Å². The molecule has 0 aliphatic heterocycles. The van der Waals surface area contributed by atoms with Crippen molar-refractivity contribution in [3.8, 4) is 5.75 Å². The first kappa shape index (κ1) is 20.1. The number of benzene rings is 1. The third-order valence-electron chi connectivity index (χ3n) is 3.70. The molecule has 0 saturated carbocycles. The van der Waals surface area contributed by atoms with Crippen LogP contribution in [0.1, 0.15) is 20.1 Å². The van der Waals surface area contributed by atoms with Gasteiger partial charge in [0.15, 0.2) is 0 Å². The van der Waals surface area contributed by atoms with Gasteiger partial charge < -0.3 is 14.6 Å². The van der Waals surface area contributed by atoms with Crippen molar-refractivity contribution in [1.29, 1.82) is 0 Å². The Kier molecular flexibility index (Phi) is 5.82. The Morgan fingerprint density at radius 2 is 2.04 bits per heavy atom. The number of rotatable bonds is 4. The summed E-state index contributed by atoms with van der Waals surface area (Å²) < 4.78 is 45.1. The minimum atomic E-state index is -4.45. The molecule has 0 unspecified atom stereocenters. The molecule has 0 spiro atoms. The smallest absolute Gasteiger partial charge is 0.425 e. The van der Waals surface area contributed by atoms with Crippen molar-refractivity contribution < 1.29 is 22.7 Å². The number of halogens is 4. The normalized spacial score (nSPS) is 11.3. The average Bonchev–Trinajstić information content (AvgIpc) is 3.19. The molecule has 140 valence electrons. The van der Waals surface area contributed by atoms with Gasteiger partial charge in [-0.2, -0.15) is 13.2 Å². The van der Waals surface area contributed by atoms with Crippen LogP contribution in [-0.2, 0) is 19.8 Å². The Hall–Kier alpha value is -2.26. The number of alkyl halides is 3. The van der Waals surface area contributed by atoms with E-state index in [4.69, 9.17) is 4.74 Å². The van der Waals surface area contributed by atoms with Crippen LogP contribution >= 0.6 is 23.7 Å². The Morgan fingerprint density at radius 3 is 2.65 bits per heavy atom. The van der Waals surface area contributed by atoms with Crippen molar-refractivity contribution in [3.63, 3.8) is 0 Å². The highest BCUT2D eigenvalue weighted by Crippen LogP contribution is 2.34. The molecule has 0 aliphatic rings. The molecule has 5 nitrogen and oxygen atoms in total. The van der Waals surface area contributed by atoms with E-state index in [-0.39, 0.29) is 23.8 Å². The summed E-state index contributed by atoms with van der Waals surface area (Å²) in [6.45, 7) is 0.109. The SMILES string of the molecule is COc1ccc2ncn(C)c2c1CNC(=O)c1ccc(C(F)(F)F)s1.Cl. The zero-order valence-electron chi connectivity index (χ0n) is 13.8. The number of aromatic nitrogens is 2. The molecule has 10 heteroatoms. The van der Waals surface area contributed by atoms with Gasteiger partial charge in [0, 0.05) is 19.2 Å². The Labute approximate surface area is 157 Å². The highest BCUT2D eigenvalue weighted by molar-refractivity contribution is 7.14. The highest BCUT2D eigenvalue weighted by Gasteiger charge is 2.33. The summed E-state index contributed by atoms with van der Waals surface area (Å²) in [4.78, 5) is 15.6. The molecule has 0 fully saturated rings. The fourth-order valence-electron chi connectivity index (χ4n) is 2.54. The molecule has 0 aliphatic carbocycles. The van der Waals surface area contributed by atoms with Crippen molar-refractivity contribution >= 4 is 40.7 Å². The number of nitrogens with zero attached hydrogens (tertiary/aromatic N) is 2. The summed E-state index contributed by atoms with van der Waals surface area (Å²) >= 11 is 0.416. The second-order valence-corrected chi connectivity index (χ2v) is 6.40. The van der Waals surface area contributed by atoms with Crippen LogP contribution in [0.2, 0.25) is 0 Å². The first-order valence-corrected chi connectivity index (χ1v) is 8.05. The molecular formula is C16H15ClF3N3O2S. The molecule has 1 aromatic carbocycles. The van der Waals surface area contributed by atoms with E-state index < -0.39 is 17.0 Å². The zero-order valence-corrected chi connectivity index (χ0v) is 15.4. The maximum Gasteiger partial charge on any atom is 0.425 e. The van der Waals surface area contributed by atoms with Crippen LogP contribution in [0.5, 0.6) is 5.75 Å². The van der Waals surface area contributed by atoms with Crippen LogP contribution in [-0.4, -0.2) is 22.6 Å². The number of hydrogen-bond acceptors (Lipinski definition) is 4. The summed E-state index contributed by atoms with van der Waals surface area (Å²) in [5, 5.41) is 2.65. The van der Waals surface area contributed by atoms with E-state index in [1.165, 1.54) is 13.2 Å². The molecule has 3 aromatic rings. The molecule has 2 aromatic heterocycles. The van der Waals surface area contributed by atoms with Crippen molar-refractivity contribution in [2.24, 2.45) is 7.05 Å². The van der Waals surface area contributed by atoms with Gasteiger partial charge in [-0.3, -0.25) is 4.79 Å². The molecule has 26 heavy (non-hydrogen) atoms. The van der Waals surface area contributed by atoms with Crippen LogP contribution in [0.15, 0.2) is 30.6 Å². The number of fused-ring (bicyclic) bond motifs is 1. The standard InChI is InChI=1S/C16H14F3N3O2S.ClH/c1-22-8-21-10-3-4-11(24-2)9(14(10)22)7-20-15(23)12-5-6-13(25-12)16(17,18)19;/h3-6,8H,7H2,1-2H3,(H,20,23);1H. The van der Waals surface area contributed by atoms with Crippen molar-refractivity contribution in [2.45, 2.75) is 12.7 Å². The summed E-state index contributed by atoms with van der Waals surface area (Å²) in [5.41, 5.74) is 2.24. The van der Waals surface area contributed by atoms with Gasteiger partial charge in [0.2, 0.25) is 0 Å². The quantitative estimate of drug-likeness (QED) is 0.713. The monoisotopic (exact) mass is 405 g/mol. The number of thiophene rings is 1. The van der Waals surface area contributed by atoms with Gasteiger partial charge in [-0.05, 0) is 24.3 Å². The number of aryl methyl sites for hydroxylation is 1. The molecule has 0 saturated heterocycles. The van der Waals surface area contributed by atoms with Gasteiger partial charge in [-0.1, -0.05) is 0 Å². The van der Waals surface area contributed by atoms with Crippen LogP contribution in [0, 0.1) is 0 Å². The van der Waals surface area contributed by atoms with Gasteiger partial charge in [0.25, 0.3) is 5.91 Å². The van der Waals surface area contributed by atoms with E-state index in [0.717, 1.165) is 17.1 Å². The largest absolute Gasteiger partial charge is 0.496 e. The average molecular weight is 406 g/mol. The minimum Gasteiger partial charge on any atom is -0.496 e. The number of imidazole rings is 1. The maximum atomic E-state index is 12.7. The van der Waals surface area contributed by atoms with Gasteiger partial charge in [-0.25, -0.2) is 4.98 Å². The predicted molar refractivity (Wildman–Crippen MR) is 95.0 cm³/mol. The van der Waals surface area contributed by atoms with Crippen LogP contribution < -0.4 is 10.1 Å². The number of nitrogens with one attached hydrogen (secondary N) is 1. The molecule has 1 N–H and O–H groups in total. The molecule has 3 rings (SSSR count). The summed E-state index contributed by atoms with van der Waals surface area (Å²) in [7, 11) is 3.33. The fraction of sp³-hybridized carbons (Fsp3) is 0.250. The third kappa shape index (κ3) is 3.78. The fourth-order valence-corrected chi connectivity index (χ4v) is 3.33. The Balaban J connectivity index is 0.00000243. The number of methoxy groups -OCH3 is 1. The van der Waals surface area contributed by atoms with E-state index in [2.05, 4.69) is 10.3 Å². The lowest BCUT2D eigenvalue weighted by molar-refractivity contribution is -0.134. The summed E-state index contributed by atoms with van der Waals surface area (Å²) in [6.07, 6.45) is -2.81. The van der Waals surface area contributed by atoms with Crippen LogP contribution in [0.3, 0.4) is 0 Å². The molecule has 1 amide bonds. The van der Waals surface area contributed by atoms with Gasteiger partial charge in [-0.15, -0.1) is 23.7 Å². The maximum absolute atomic E-state index is 12.7. The van der Waals surface area contributed by atoms with Crippen molar-refractivity contribution in [3.05, 3.63) is 45.9 Å². The van der Waals surface area contributed by atoms with Crippen molar-refractivity contribution in [2.75, 3.05) is 7.11 Å². The van der Waals surface area contributed by atoms with Crippen LogP contribution in [0.4, 0.5) is 13.2 Å². The second kappa shape index (κ2) is 7.55. The van der Waals surface area contributed by atoms with Crippen molar-refractivity contribution in [1.82, 2.24) is 14.9 Å². The predicted octanol–water partition coefficient (Wildman–Crippen LogP) is 4.01. The molecule has 0 atom stereocenters.